The van der Waals surface area contributed by atoms with Gasteiger partial charge in [0.25, 0.3) is 0 Å². The van der Waals surface area contributed by atoms with Gasteiger partial charge >= 0.3 is 0 Å². The predicted molar refractivity (Wildman–Crippen MR) is 101 cm³/mol. The number of benzene rings is 1. The number of rotatable bonds is 3. The number of methoxy groups -OCH3 is 1. The van der Waals surface area contributed by atoms with Crippen molar-refractivity contribution in [2.24, 2.45) is 0 Å². The third-order valence-corrected chi connectivity index (χ3v) is 5.15. The van der Waals surface area contributed by atoms with E-state index in [1.807, 2.05) is 24.3 Å². The number of fused-ring (bicyclic) bond motifs is 1. The van der Waals surface area contributed by atoms with Gasteiger partial charge in [0, 0.05) is 6.04 Å². The van der Waals surface area contributed by atoms with Gasteiger partial charge in [0.05, 0.1) is 12.7 Å². The van der Waals surface area contributed by atoms with Gasteiger partial charge in [0.1, 0.15) is 22.7 Å². The minimum atomic E-state index is 0.320. The lowest BCUT2D eigenvalue weighted by atomic mass is 9.95. The van der Waals surface area contributed by atoms with Crippen LogP contribution in [0.15, 0.2) is 24.3 Å². The summed E-state index contributed by atoms with van der Waals surface area (Å²) < 4.78 is 8.24. The average molecular weight is 355 g/mol. The SMILES string of the molecule is COc1ccccc1-c1nc2c(=S)nc(N)[nH]c2n1C1CCCCC1. The van der Waals surface area contributed by atoms with E-state index in [-0.39, 0.29) is 0 Å². The molecule has 0 spiro atoms. The van der Waals surface area contributed by atoms with Crippen molar-refractivity contribution in [3.05, 3.63) is 28.9 Å². The highest BCUT2D eigenvalue weighted by molar-refractivity contribution is 7.71. The van der Waals surface area contributed by atoms with Crippen LogP contribution in [0.2, 0.25) is 0 Å². The fraction of sp³-hybridized carbons (Fsp3) is 0.389. The number of nitrogen functional groups attached to an aromatic ring is 1. The lowest BCUT2D eigenvalue weighted by molar-refractivity contribution is 0.360. The van der Waals surface area contributed by atoms with Crippen LogP contribution in [0.25, 0.3) is 22.6 Å². The Morgan fingerprint density at radius 3 is 2.72 bits per heavy atom. The maximum atomic E-state index is 5.93. The van der Waals surface area contributed by atoms with Crippen LogP contribution in [-0.2, 0) is 0 Å². The quantitative estimate of drug-likeness (QED) is 0.686. The van der Waals surface area contributed by atoms with Crippen LogP contribution in [-0.4, -0.2) is 26.6 Å². The minimum absolute atomic E-state index is 0.320. The van der Waals surface area contributed by atoms with Crippen molar-refractivity contribution < 1.29 is 4.74 Å². The first-order chi connectivity index (χ1) is 12.2. The summed E-state index contributed by atoms with van der Waals surface area (Å²) in [6, 6.07) is 8.29. The molecule has 130 valence electrons. The number of hydrogen-bond acceptors (Lipinski definition) is 5. The van der Waals surface area contributed by atoms with Gasteiger partial charge in [0.2, 0.25) is 0 Å². The smallest absolute Gasteiger partial charge is 0.200 e. The van der Waals surface area contributed by atoms with Crippen molar-refractivity contribution in [3.63, 3.8) is 0 Å². The molecule has 7 heteroatoms. The molecule has 4 rings (SSSR count). The van der Waals surface area contributed by atoms with Crippen LogP contribution in [0.3, 0.4) is 0 Å². The molecule has 0 radical (unpaired) electrons. The molecule has 0 unspecified atom stereocenters. The Labute approximate surface area is 151 Å². The molecule has 1 aliphatic carbocycles. The first-order valence-corrected chi connectivity index (χ1v) is 9.01. The fourth-order valence-corrected chi connectivity index (χ4v) is 3.97. The van der Waals surface area contributed by atoms with Crippen molar-refractivity contribution in [2.45, 2.75) is 38.1 Å². The lowest BCUT2D eigenvalue weighted by Crippen LogP contribution is -2.15. The molecule has 0 amide bonds. The number of aromatic amines is 1. The highest BCUT2D eigenvalue weighted by Crippen LogP contribution is 2.38. The van der Waals surface area contributed by atoms with Gasteiger partial charge in [-0.2, -0.15) is 0 Å². The third kappa shape index (κ3) is 2.78. The standard InChI is InChI=1S/C18H21N5OS/c1-24-13-10-6-5-9-12(13)15-20-14-16(21-18(19)22-17(14)25)23(15)11-7-3-2-4-8-11/h5-6,9-11H,2-4,7-8H2,1H3,(H3,19,21,22,25). The monoisotopic (exact) mass is 355 g/mol. The lowest BCUT2D eigenvalue weighted by Gasteiger charge is -2.25. The summed E-state index contributed by atoms with van der Waals surface area (Å²) in [5.41, 5.74) is 8.42. The van der Waals surface area contributed by atoms with E-state index in [4.69, 9.17) is 27.7 Å². The molecule has 2 heterocycles. The number of nitrogens with two attached hydrogens (primary N) is 1. The molecule has 25 heavy (non-hydrogen) atoms. The number of aromatic nitrogens is 4. The first-order valence-electron chi connectivity index (χ1n) is 8.60. The average Bonchev–Trinajstić information content (AvgIpc) is 3.02. The van der Waals surface area contributed by atoms with Gasteiger partial charge in [0.15, 0.2) is 10.6 Å². The molecular formula is C18H21N5OS. The van der Waals surface area contributed by atoms with E-state index in [2.05, 4.69) is 14.5 Å². The Bertz CT molecular complexity index is 971. The Balaban J connectivity index is 2.02. The second-order valence-electron chi connectivity index (χ2n) is 6.42. The number of hydrogen-bond donors (Lipinski definition) is 2. The number of ether oxygens (including phenoxy) is 1. The van der Waals surface area contributed by atoms with Crippen molar-refractivity contribution in [3.8, 4) is 17.1 Å². The van der Waals surface area contributed by atoms with Crippen molar-refractivity contribution in [2.75, 3.05) is 12.8 Å². The number of nitrogens with zero attached hydrogens (tertiary/aromatic N) is 3. The number of H-pyrrole nitrogens is 1. The highest BCUT2D eigenvalue weighted by Gasteiger charge is 2.25. The summed E-state index contributed by atoms with van der Waals surface area (Å²) in [6.07, 6.45) is 5.97. The van der Waals surface area contributed by atoms with Gasteiger partial charge in [-0.25, -0.2) is 9.97 Å². The van der Waals surface area contributed by atoms with Crippen LogP contribution in [0.4, 0.5) is 5.95 Å². The number of nitrogens with one attached hydrogen (secondary N) is 1. The van der Waals surface area contributed by atoms with E-state index >= 15 is 0 Å². The molecule has 0 aliphatic heterocycles. The Morgan fingerprint density at radius 2 is 1.96 bits per heavy atom. The Morgan fingerprint density at radius 1 is 1.20 bits per heavy atom. The van der Waals surface area contributed by atoms with Crippen LogP contribution < -0.4 is 10.5 Å². The molecule has 0 saturated heterocycles. The topological polar surface area (TPSA) is 81.8 Å². The molecular weight excluding hydrogens is 334 g/mol. The molecule has 1 aliphatic rings. The molecule has 6 nitrogen and oxygen atoms in total. The van der Waals surface area contributed by atoms with Gasteiger partial charge in [-0.15, -0.1) is 0 Å². The van der Waals surface area contributed by atoms with Crippen molar-refractivity contribution in [1.29, 1.82) is 0 Å². The molecule has 1 aromatic carbocycles. The number of para-hydroxylation sites is 1. The highest BCUT2D eigenvalue weighted by atomic mass is 32.1. The van der Waals surface area contributed by atoms with E-state index in [1.54, 1.807) is 7.11 Å². The normalized spacial score (nSPS) is 15.6. The van der Waals surface area contributed by atoms with Crippen LogP contribution >= 0.6 is 12.2 Å². The molecule has 3 aromatic rings. The zero-order valence-corrected chi connectivity index (χ0v) is 15.0. The van der Waals surface area contributed by atoms with Gasteiger partial charge in [-0.3, -0.25) is 0 Å². The summed E-state index contributed by atoms with van der Waals surface area (Å²) in [7, 11) is 1.68. The molecule has 1 saturated carbocycles. The summed E-state index contributed by atoms with van der Waals surface area (Å²) in [4.78, 5) is 12.2. The zero-order chi connectivity index (χ0) is 17.4. The Hall–Kier alpha value is -2.41. The molecule has 0 atom stereocenters. The second kappa shape index (κ2) is 6.48. The third-order valence-electron chi connectivity index (χ3n) is 4.87. The summed E-state index contributed by atoms with van der Waals surface area (Å²) in [5.74, 6) is 1.97. The molecule has 3 N–H and O–H groups in total. The van der Waals surface area contributed by atoms with Gasteiger partial charge in [-0.05, 0) is 25.0 Å². The first kappa shape index (κ1) is 16.1. The van der Waals surface area contributed by atoms with Crippen molar-refractivity contribution >= 4 is 29.3 Å². The maximum Gasteiger partial charge on any atom is 0.200 e. The summed E-state index contributed by atoms with van der Waals surface area (Å²) in [6.45, 7) is 0. The summed E-state index contributed by atoms with van der Waals surface area (Å²) >= 11 is 5.41. The van der Waals surface area contributed by atoms with Crippen LogP contribution in [0.5, 0.6) is 5.75 Å². The minimum Gasteiger partial charge on any atom is -0.496 e. The second-order valence-corrected chi connectivity index (χ2v) is 6.81. The zero-order valence-electron chi connectivity index (χ0n) is 14.2. The molecule has 2 aromatic heterocycles. The molecule has 1 fully saturated rings. The van der Waals surface area contributed by atoms with E-state index in [9.17, 15) is 0 Å². The van der Waals surface area contributed by atoms with Gasteiger partial charge < -0.3 is 20.0 Å². The van der Waals surface area contributed by atoms with Gasteiger partial charge in [-0.1, -0.05) is 43.6 Å². The molecule has 0 bridgehead atoms. The van der Waals surface area contributed by atoms with E-state index in [0.717, 1.165) is 35.6 Å². The van der Waals surface area contributed by atoms with Crippen molar-refractivity contribution in [1.82, 2.24) is 19.5 Å². The number of anilines is 1. The van der Waals surface area contributed by atoms with E-state index in [1.165, 1.54) is 19.3 Å². The predicted octanol–water partition coefficient (Wildman–Crippen LogP) is 4.25. The summed E-state index contributed by atoms with van der Waals surface area (Å²) in [5, 5.41) is 0. The van der Waals surface area contributed by atoms with Crippen LogP contribution in [0.1, 0.15) is 38.1 Å². The fourth-order valence-electron chi connectivity index (χ4n) is 3.73. The number of imidazole rings is 1. The largest absolute Gasteiger partial charge is 0.496 e. The Kier molecular flexibility index (Phi) is 4.17. The van der Waals surface area contributed by atoms with E-state index < -0.39 is 0 Å². The van der Waals surface area contributed by atoms with E-state index in [0.29, 0.717) is 22.1 Å². The maximum absolute atomic E-state index is 5.93. The van der Waals surface area contributed by atoms with Crippen LogP contribution in [0, 0.1) is 4.64 Å².